The van der Waals surface area contributed by atoms with E-state index in [9.17, 15) is 55.2 Å². The lowest BCUT2D eigenvalue weighted by molar-refractivity contribution is -0.178. The predicted molar refractivity (Wildman–Crippen MR) is 163 cm³/mol. The molecule has 15 heteroatoms. The molecule has 11 atom stereocenters. The smallest absolute Gasteiger partial charge is 0.220 e. The zero-order chi connectivity index (χ0) is 34.2. The van der Waals surface area contributed by atoms with Crippen LogP contribution in [0.5, 0.6) is 0 Å². The summed E-state index contributed by atoms with van der Waals surface area (Å²) < 4.78 is 11.3. The van der Waals surface area contributed by atoms with Gasteiger partial charge in [0, 0.05) is 57.6 Å². The molecule has 2 aliphatic rings. The van der Waals surface area contributed by atoms with Crippen LogP contribution in [0.2, 0.25) is 0 Å². The first-order valence-corrected chi connectivity index (χ1v) is 16.5. The molecule has 0 heterocycles. The number of aliphatic hydroxyl groups excluding tert-OH is 8. The molecule has 0 saturated heterocycles. The number of aliphatic hydroxyl groups is 8. The third-order valence-electron chi connectivity index (χ3n) is 8.99. The number of rotatable bonds is 21. The van der Waals surface area contributed by atoms with Gasteiger partial charge in [0.25, 0.3) is 0 Å². The van der Waals surface area contributed by atoms with Crippen molar-refractivity contribution in [1.29, 1.82) is 0 Å². The molecule has 0 aliphatic heterocycles. The molecule has 0 radical (unpaired) electrons. The summed E-state index contributed by atoms with van der Waals surface area (Å²) in [6.07, 6.45) is -4.52. The van der Waals surface area contributed by atoms with Crippen LogP contribution in [0.25, 0.3) is 0 Å². The highest BCUT2D eigenvalue weighted by Gasteiger charge is 2.43. The van der Waals surface area contributed by atoms with E-state index in [1.54, 1.807) is 0 Å². The topological polar surface area (TPSA) is 256 Å². The van der Waals surface area contributed by atoms with Crippen molar-refractivity contribution in [2.45, 2.75) is 132 Å². The Morgan fingerprint density at radius 1 is 0.652 bits per heavy atom. The fourth-order valence-electron chi connectivity index (χ4n) is 5.93. The summed E-state index contributed by atoms with van der Waals surface area (Å²) in [7, 11) is 0. The first-order valence-electron chi connectivity index (χ1n) is 16.5. The molecule has 2 fully saturated rings. The van der Waals surface area contributed by atoms with Gasteiger partial charge < -0.3 is 61.0 Å². The Labute approximate surface area is 270 Å². The van der Waals surface area contributed by atoms with Crippen molar-refractivity contribution >= 4 is 17.6 Å². The fraction of sp³-hybridized carbons (Fsp3) is 0.903. The van der Waals surface area contributed by atoms with Crippen molar-refractivity contribution in [3.05, 3.63) is 0 Å². The molecule has 0 aromatic heterocycles. The van der Waals surface area contributed by atoms with E-state index in [-0.39, 0.29) is 69.7 Å². The van der Waals surface area contributed by atoms with E-state index in [0.717, 1.165) is 0 Å². The van der Waals surface area contributed by atoms with E-state index >= 15 is 0 Å². The maximum Gasteiger partial charge on any atom is 0.220 e. The molecule has 11 unspecified atom stereocenters. The second-order valence-corrected chi connectivity index (χ2v) is 12.6. The number of hydrogen-bond acceptors (Lipinski definition) is 13. The summed E-state index contributed by atoms with van der Waals surface area (Å²) in [4.78, 5) is 36.6. The molecule has 15 nitrogen and oxygen atoms in total. The number of ether oxygens (including phenoxy) is 2. The Balaban J connectivity index is 1.52. The van der Waals surface area contributed by atoms with Gasteiger partial charge in [0.2, 0.25) is 11.8 Å². The quantitative estimate of drug-likeness (QED) is 0.0578. The fourth-order valence-corrected chi connectivity index (χ4v) is 5.93. The van der Waals surface area contributed by atoms with Crippen LogP contribution in [0.3, 0.4) is 0 Å². The average Bonchev–Trinajstić information content (AvgIpc) is 3.03. The van der Waals surface area contributed by atoms with E-state index < -0.39 is 66.7 Å². The lowest BCUT2D eigenvalue weighted by atomic mass is 9.81. The minimum absolute atomic E-state index is 0.128. The minimum atomic E-state index is -1.40. The number of ketones is 1. The minimum Gasteiger partial charge on any atom is -0.396 e. The van der Waals surface area contributed by atoms with Gasteiger partial charge in [-0.3, -0.25) is 14.4 Å². The van der Waals surface area contributed by atoms with E-state index in [1.807, 2.05) is 0 Å². The molecular weight excluding hydrogens is 608 g/mol. The van der Waals surface area contributed by atoms with Crippen LogP contribution in [0.1, 0.15) is 77.6 Å². The van der Waals surface area contributed by atoms with E-state index in [0.29, 0.717) is 51.5 Å². The lowest BCUT2D eigenvalue weighted by Gasteiger charge is -2.39. The highest BCUT2D eigenvalue weighted by Crippen LogP contribution is 2.29. The molecule has 2 rings (SSSR count). The average molecular weight is 665 g/mol. The molecule has 0 bridgehead atoms. The Hall–Kier alpha value is -1.79. The second kappa shape index (κ2) is 21.2. The number of carbonyl (C=O) groups is 3. The van der Waals surface area contributed by atoms with Gasteiger partial charge in [-0.2, -0.15) is 0 Å². The van der Waals surface area contributed by atoms with Crippen LogP contribution < -0.4 is 10.6 Å². The van der Waals surface area contributed by atoms with Crippen molar-refractivity contribution in [3.63, 3.8) is 0 Å². The number of hydrogen-bond donors (Lipinski definition) is 10. The largest absolute Gasteiger partial charge is 0.396 e. The molecule has 10 N–H and O–H groups in total. The van der Waals surface area contributed by atoms with E-state index in [1.165, 1.54) is 6.92 Å². The van der Waals surface area contributed by atoms with Crippen LogP contribution in [-0.2, 0) is 23.9 Å². The van der Waals surface area contributed by atoms with E-state index in [2.05, 4.69) is 10.6 Å². The first-order chi connectivity index (χ1) is 21.9. The summed E-state index contributed by atoms with van der Waals surface area (Å²) in [6, 6.07) is -0.625. The SMILES string of the molecule is CC(=O)C(CCCCNC(=O)CCCCOC1CC(CO)C(O)C(O)C1O)NC(=O)CCCCOC1CC(CO)C(O)C(O)C1O. The van der Waals surface area contributed by atoms with Crippen molar-refractivity contribution in [2.75, 3.05) is 33.0 Å². The number of amides is 2. The Morgan fingerprint density at radius 3 is 1.59 bits per heavy atom. The van der Waals surface area contributed by atoms with Crippen molar-refractivity contribution in [1.82, 2.24) is 10.6 Å². The molecular formula is C31H56N2O13. The number of Topliss-reactive ketones (excluding diaryl/α,β-unsaturated/α-hetero) is 1. The molecule has 46 heavy (non-hydrogen) atoms. The predicted octanol–water partition coefficient (Wildman–Crippen LogP) is -2.35. The zero-order valence-corrected chi connectivity index (χ0v) is 26.8. The molecule has 2 amide bonds. The molecule has 0 aromatic rings. The molecule has 0 aromatic carbocycles. The summed E-state index contributed by atoms with van der Waals surface area (Å²) in [5.74, 6) is -1.72. The van der Waals surface area contributed by atoms with Crippen LogP contribution >= 0.6 is 0 Å². The maximum absolute atomic E-state index is 12.4. The van der Waals surface area contributed by atoms with Gasteiger partial charge in [-0.25, -0.2) is 0 Å². The van der Waals surface area contributed by atoms with Gasteiger partial charge in [-0.15, -0.1) is 0 Å². The number of nitrogens with one attached hydrogen (secondary N) is 2. The van der Waals surface area contributed by atoms with Crippen LogP contribution in [0, 0.1) is 11.8 Å². The van der Waals surface area contributed by atoms with Gasteiger partial charge in [0.1, 0.15) is 24.4 Å². The third-order valence-corrected chi connectivity index (χ3v) is 8.99. The zero-order valence-electron chi connectivity index (χ0n) is 26.8. The molecule has 268 valence electrons. The molecule has 0 spiro atoms. The van der Waals surface area contributed by atoms with Crippen LogP contribution in [0.4, 0.5) is 0 Å². The Bertz CT molecular complexity index is 908. The van der Waals surface area contributed by atoms with Gasteiger partial charge in [0.15, 0.2) is 5.78 Å². The first kappa shape index (κ1) is 40.4. The van der Waals surface area contributed by atoms with Gasteiger partial charge in [-0.1, -0.05) is 0 Å². The molecule has 2 aliphatic carbocycles. The van der Waals surface area contributed by atoms with Crippen LogP contribution in [0.15, 0.2) is 0 Å². The Morgan fingerprint density at radius 2 is 1.13 bits per heavy atom. The summed E-state index contributed by atoms with van der Waals surface area (Å²) in [5, 5.41) is 84.1. The third kappa shape index (κ3) is 13.0. The van der Waals surface area contributed by atoms with Gasteiger partial charge >= 0.3 is 0 Å². The highest BCUT2D eigenvalue weighted by atomic mass is 16.5. The van der Waals surface area contributed by atoms with Gasteiger partial charge in [-0.05, 0) is 64.7 Å². The van der Waals surface area contributed by atoms with Crippen molar-refractivity contribution in [3.8, 4) is 0 Å². The van der Waals surface area contributed by atoms with Crippen LogP contribution in [-0.4, -0.2) is 146 Å². The highest BCUT2D eigenvalue weighted by molar-refractivity contribution is 5.87. The molecule has 2 saturated carbocycles. The summed E-state index contributed by atoms with van der Waals surface area (Å²) >= 11 is 0. The number of carbonyl (C=O) groups excluding carboxylic acids is 3. The number of unbranched alkanes of at least 4 members (excludes halogenated alkanes) is 3. The van der Waals surface area contributed by atoms with Crippen molar-refractivity contribution in [2.24, 2.45) is 11.8 Å². The lowest BCUT2D eigenvalue weighted by Crippen LogP contribution is -2.55. The summed E-state index contributed by atoms with van der Waals surface area (Å²) in [5.41, 5.74) is 0. The van der Waals surface area contributed by atoms with Crippen molar-refractivity contribution < 1.29 is 64.7 Å². The monoisotopic (exact) mass is 664 g/mol. The summed E-state index contributed by atoms with van der Waals surface area (Å²) in [6.45, 7) is 1.66. The Kier molecular flexibility index (Phi) is 18.6. The van der Waals surface area contributed by atoms with E-state index in [4.69, 9.17) is 9.47 Å². The second-order valence-electron chi connectivity index (χ2n) is 12.6. The van der Waals surface area contributed by atoms with Gasteiger partial charge in [0.05, 0.1) is 30.5 Å². The normalized spacial score (nSPS) is 32.1. The maximum atomic E-state index is 12.4. The standard InChI is InChI=1S/C31H56N2O13/c1-18(36)21(33-25(38)10-4-7-13-46-23-15-20(17-35)27(40)31(44)29(23)42)8-2-5-11-32-24(37)9-3-6-12-45-22-14-19(16-34)26(39)30(43)28(22)41/h19-23,26-31,34-35,39-44H,2-17H2,1H3,(H,32,37)(H,33,38).